The predicted molar refractivity (Wildman–Crippen MR) is 125 cm³/mol. The lowest BCUT2D eigenvalue weighted by Gasteiger charge is -2.50. The van der Waals surface area contributed by atoms with Gasteiger partial charge in [-0.15, -0.1) is 0 Å². The molecule has 0 amide bonds. The van der Waals surface area contributed by atoms with Crippen molar-refractivity contribution in [3.05, 3.63) is 65.4 Å². The number of rotatable bonds is 4. The van der Waals surface area contributed by atoms with Gasteiger partial charge in [0.15, 0.2) is 0 Å². The van der Waals surface area contributed by atoms with Crippen LogP contribution in [0.15, 0.2) is 48.5 Å². The summed E-state index contributed by atoms with van der Waals surface area (Å²) >= 11 is 0. The second-order valence-corrected chi connectivity index (χ2v) is 9.37. The van der Waals surface area contributed by atoms with E-state index in [1.165, 1.54) is 27.7 Å². The first kappa shape index (κ1) is 20.6. The zero-order valence-electron chi connectivity index (χ0n) is 18.8. The summed E-state index contributed by atoms with van der Waals surface area (Å²) in [5.41, 5.74) is 5.34. The molecule has 1 aromatic heterocycles. The number of aliphatic hydroxyl groups is 1. The summed E-state index contributed by atoms with van der Waals surface area (Å²) in [5.74, 6) is 0.879. The zero-order chi connectivity index (χ0) is 21.6. The molecule has 1 saturated heterocycles. The van der Waals surface area contributed by atoms with Crippen molar-refractivity contribution >= 4 is 10.9 Å². The van der Waals surface area contributed by atoms with Crippen LogP contribution in [0.1, 0.15) is 35.7 Å². The first-order chi connectivity index (χ1) is 15.1. The van der Waals surface area contributed by atoms with E-state index in [-0.39, 0.29) is 18.1 Å². The highest BCUT2D eigenvalue weighted by atomic mass is 16.5. The molecule has 2 aromatic carbocycles. The Morgan fingerprint density at radius 2 is 1.81 bits per heavy atom. The van der Waals surface area contributed by atoms with Crippen LogP contribution in [0.3, 0.4) is 0 Å². The second-order valence-electron chi connectivity index (χ2n) is 9.37. The van der Waals surface area contributed by atoms with Crippen molar-refractivity contribution in [1.29, 1.82) is 0 Å². The average Bonchev–Trinajstić information content (AvgIpc) is 3.09. The number of benzene rings is 2. The summed E-state index contributed by atoms with van der Waals surface area (Å²) < 4.78 is 7.84. The first-order valence-corrected chi connectivity index (χ1v) is 11.3. The van der Waals surface area contributed by atoms with Crippen LogP contribution in [0.4, 0.5) is 0 Å². The number of methoxy groups -OCH3 is 1. The standard InChI is InChI=1S/C26H33N3O2/c1-27-13-11-26(12-14-27)18-29(16-19-7-5-4-6-8-19)23(17-30)25-24(26)21-10-9-20(31-3)15-22(21)28(25)2/h4-10,15,23,30H,11-14,16-18H2,1-3H3/t23-/m1/s1. The molecule has 164 valence electrons. The molecule has 1 atom stereocenters. The molecule has 31 heavy (non-hydrogen) atoms. The number of hydrogen-bond acceptors (Lipinski definition) is 4. The average molecular weight is 420 g/mol. The number of aryl methyl sites for hydroxylation is 1. The van der Waals surface area contributed by atoms with E-state index in [4.69, 9.17) is 4.74 Å². The Balaban J connectivity index is 1.69. The smallest absolute Gasteiger partial charge is 0.120 e. The fourth-order valence-corrected chi connectivity index (χ4v) is 5.90. The van der Waals surface area contributed by atoms with Crippen molar-refractivity contribution in [3.63, 3.8) is 0 Å². The van der Waals surface area contributed by atoms with E-state index in [1.807, 2.05) is 0 Å². The van der Waals surface area contributed by atoms with E-state index in [0.717, 1.165) is 44.8 Å². The monoisotopic (exact) mass is 419 g/mol. The number of hydrogen-bond donors (Lipinski definition) is 1. The van der Waals surface area contributed by atoms with Gasteiger partial charge >= 0.3 is 0 Å². The van der Waals surface area contributed by atoms with Gasteiger partial charge in [-0.3, -0.25) is 4.90 Å². The summed E-state index contributed by atoms with van der Waals surface area (Å²) in [5, 5.41) is 11.9. The van der Waals surface area contributed by atoms with Crippen molar-refractivity contribution in [2.24, 2.45) is 7.05 Å². The van der Waals surface area contributed by atoms with E-state index >= 15 is 0 Å². The van der Waals surface area contributed by atoms with Gasteiger partial charge in [0.25, 0.3) is 0 Å². The molecule has 0 unspecified atom stereocenters. The summed E-state index contributed by atoms with van der Waals surface area (Å²) in [7, 11) is 6.10. The number of aromatic nitrogens is 1. The molecule has 0 saturated carbocycles. The highest BCUT2D eigenvalue weighted by molar-refractivity contribution is 5.88. The molecular weight excluding hydrogens is 386 g/mol. The van der Waals surface area contributed by atoms with Gasteiger partial charge in [-0.1, -0.05) is 30.3 Å². The maximum Gasteiger partial charge on any atom is 0.120 e. The van der Waals surface area contributed by atoms with Crippen LogP contribution < -0.4 is 4.74 Å². The molecule has 5 heteroatoms. The van der Waals surface area contributed by atoms with E-state index in [1.54, 1.807) is 7.11 Å². The van der Waals surface area contributed by atoms with Gasteiger partial charge in [-0.2, -0.15) is 0 Å². The Bertz CT molecular complexity index is 1070. The van der Waals surface area contributed by atoms with Crippen LogP contribution in [-0.4, -0.2) is 59.9 Å². The third kappa shape index (κ3) is 3.36. The van der Waals surface area contributed by atoms with Crippen LogP contribution in [0.5, 0.6) is 5.75 Å². The molecule has 1 spiro atoms. The molecule has 3 aromatic rings. The molecule has 1 fully saturated rings. The van der Waals surface area contributed by atoms with Crippen LogP contribution in [0, 0.1) is 0 Å². The lowest BCUT2D eigenvalue weighted by atomic mass is 9.68. The van der Waals surface area contributed by atoms with Crippen molar-refractivity contribution < 1.29 is 9.84 Å². The molecule has 5 nitrogen and oxygen atoms in total. The molecule has 1 N–H and O–H groups in total. The Labute approximate surface area is 184 Å². The summed E-state index contributed by atoms with van der Waals surface area (Å²) in [6, 6.07) is 17.1. The quantitative estimate of drug-likeness (QED) is 0.700. The SMILES string of the molecule is COc1ccc2c3c(n(C)c2c1)[C@@H](CO)N(Cc1ccccc1)CC31CCN(C)CC1. The highest BCUT2D eigenvalue weighted by Gasteiger charge is 2.47. The molecular formula is C26H33N3O2. The largest absolute Gasteiger partial charge is 0.497 e. The topological polar surface area (TPSA) is 40.9 Å². The second kappa shape index (κ2) is 7.97. The predicted octanol–water partition coefficient (Wildman–Crippen LogP) is 3.70. The normalized spacial score (nSPS) is 21.5. The minimum absolute atomic E-state index is 0.0103. The number of nitrogens with zero attached hydrogens (tertiary/aromatic N) is 3. The van der Waals surface area contributed by atoms with Crippen LogP contribution >= 0.6 is 0 Å². The lowest BCUT2D eigenvalue weighted by molar-refractivity contribution is 0.0456. The van der Waals surface area contributed by atoms with Gasteiger partial charge in [0, 0.05) is 42.7 Å². The number of fused-ring (bicyclic) bond motifs is 4. The number of aliphatic hydroxyl groups excluding tert-OH is 1. The minimum Gasteiger partial charge on any atom is -0.497 e. The van der Waals surface area contributed by atoms with Gasteiger partial charge in [0.2, 0.25) is 0 Å². The van der Waals surface area contributed by atoms with Crippen molar-refractivity contribution in [2.45, 2.75) is 30.8 Å². The third-order valence-electron chi connectivity index (χ3n) is 7.59. The number of piperidine rings is 1. The fourth-order valence-electron chi connectivity index (χ4n) is 5.90. The van der Waals surface area contributed by atoms with Gasteiger partial charge in [0.05, 0.1) is 25.3 Å². The van der Waals surface area contributed by atoms with E-state index < -0.39 is 0 Å². The Morgan fingerprint density at radius 1 is 1.06 bits per heavy atom. The van der Waals surface area contributed by atoms with Crippen LogP contribution in [0.25, 0.3) is 10.9 Å². The van der Waals surface area contributed by atoms with Crippen molar-refractivity contribution in [3.8, 4) is 5.75 Å². The van der Waals surface area contributed by atoms with E-state index in [9.17, 15) is 5.11 Å². The van der Waals surface area contributed by atoms with E-state index in [2.05, 4.69) is 77.0 Å². The van der Waals surface area contributed by atoms with Gasteiger partial charge in [-0.25, -0.2) is 0 Å². The molecule has 0 aliphatic carbocycles. The number of likely N-dealkylation sites (tertiary alicyclic amines) is 1. The van der Waals surface area contributed by atoms with Gasteiger partial charge < -0.3 is 19.3 Å². The molecule has 2 aliphatic heterocycles. The molecule has 5 rings (SSSR count). The van der Waals surface area contributed by atoms with E-state index in [0.29, 0.717) is 0 Å². The fraction of sp³-hybridized carbons (Fsp3) is 0.462. The van der Waals surface area contributed by atoms with Gasteiger partial charge in [-0.05, 0) is 56.2 Å². The maximum atomic E-state index is 10.6. The Morgan fingerprint density at radius 3 is 2.48 bits per heavy atom. The Hall–Kier alpha value is -2.34. The van der Waals surface area contributed by atoms with Gasteiger partial charge in [0.1, 0.15) is 5.75 Å². The summed E-state index contributed by atoms with van der Waals surface area (Å²) in [6.45, 7) is 4.17. The van der Waals surface area contributed by atoms with Crippen molar-refractivity contribution in [1.82, 2.24) is 14.4 Å². The lowest BCUT2D eigenvalue weighted by Crippen LogP contribution is -2.53. The zero-order valence-corrected chi connectivity index (χ0v) is 18.8. The van der Waals surface area contributed by atoms with Crippen LogP contribution in [0.2, 0.25) is 0 Å². The molecule has 0 radical (unpaired) electrons. The Kier molecular flexibility index (Phi) is 5.29. The summed E-state index contributed by atoms with van der Waals surface area (Å²) in [6.07, 6.45) is 2.29. The maximum absolute atomic E-state index is 10.6. The molecule has 2 aliphatic rings. The van der Waals surface area contributed by atoms with Crippen molar-refractivity contribution in [2.75, 3.05) is 40.4 Å². The molecule has 3 heterocycles. The third-order valence-corrected chi connectivity index (χ3v) is 7.59. The summed E-state index contributed by atoms with van der Waals surface area (Å²) in [4.78, 5) is 4.96. The number of ether oxygens (including phenoxy) is 1. The first-order valence-electron chi connectivity index (χ1n) is 11.3. The molecule has 0 bridgehead atoms. The van der Waals surface area contributed by atoms with Crippen LogP contribution in [-0.2, 0) is 19.0 Å². The minimum atomic E-state index is -0.0103. The highest BCUT2D eigenvalue weighted by Crippen LogP contribution is 2.50.